The molecule has 0 radical (unpaired) electrons. The third-order valence-electron chi connectivity index (χ3n) is 6.76. The zero-order valence-corrected chi connectivity index (χ0v) is 20.1. The molecule has 1 aromatic rings. The molecule has 0 aromatic heterocycles. The molecule has 1 aromatic carbocycles. The van der Waals surface area contributed by atoms with Crippen molar-refractivity contribution in [3.63, 3.8) is 0 Å². The minimum atomic E-state index is -0.565. The number of amides is 3. The summed E-state index contributed by atoms with van der Waals surface area (Å²) >= 11 is 1.78. The normalized spacial score (nSPS) is 18.6. The molecule has 7 heteroatoms. The van der Waals surface area contributed by atoms with Crippen LogP contribution in [0.5, 0.6) is 0 Å². The first kappa shape index (κ1) is 24.5. The summed E-state index contributed by atoms with van der Waals surface area (Å²) < 4.78 is 0. The Bertz CT molecular complexity index is 866. The van der Waals surface area contributed by atoms with Gasteiger partial charge >= 0.3 is 0 Å². The third kappa shape index (κ3) is 5.44. The van der Waals surface area contributed by atoms with Gasteiger partial charge in [0.2, 0.25) is 11.8 Å². The van der Waals surface area contributed by atoms with Crippen LogP contribution in [0.25, 0.3) is 0 Å². The van der Waals surface area contributed by atoms with Crippen LogP contribution in [0.15, 0.2) is 35.7 Å². The molecule has 0 aliphatic carbocycles. The molecule has 2 heterocycles. The van der Waals surface area contributed by atoms with Crippen LogP contribution in [0, 0.1) is 0 Å². The van der Waals surface area contributed by atoms with Gasteiger partial charge in [0.05, 0.1) is 0 Å². The molecule has 32 heavy (non-hydrogen) atoms. The highest BCUT2D eigenvalue weighted by molar-refractivity contribution is 7.99. The third-order valence-corrected chi connectivity index (χ3v) is 7.94. The van der Waals surface area contributed by atoms with E-state index in [1.165, 1.54) is 0 Å². The second-order valence-corrected chi connectivity index (χ2v) is 9.78. The minimum Gasteiger partial charge on any atom is -0.322 e. The van der Waals surface area contributed by atoms with E-state index >= 15 is 0 Å². The van der Waals surface area contributed by atoms with E-state index in [0.717, 1.165) is 54.9 Å². The van der Waals surface area contributed by atoms with Crippen LogP contribution in [0.1, 0.15) is 74.7 Å². The molecular weight excluding hydrogens is 422 g/mol. The minimum absolute atomic E-state index is 0.112. The molecule has 0 bridgehead atoms. The number of hydrogen-bond acceptors (Lipinski definition) is 5. The second kappa shape index (κ2) is 11.1. The molecule has 1 saturated heterocycles. The number of fused-ring (bicyclic) bond motifs is 1. The molecule has 3 rings (SSSR count). The van der Waals surface area contributed by atoms with Gasteiger partial charge in [-0.2, -0.15) is 0 Å². The lowest BCUT2D eigenvalue weighted by Crippen LogP contribution is -2.52. The van der Waals surface area contributed by atoms with Crippen LogP contribution >= 0.6 is 11.8 Å². The number of carbonyl (C=O) groups is 3. The molecule has 1 unspecified atom stereocenters. The lowest BCUT2D eigenvalue weighted by Gasteiger charge is -2.32. The number of unbranched alkanes of at least 4 members (excludes halogenated alkanes) is 1. The fourth-order valence-corrected chi connectivity index (χ4v) is 5.68. The number of piperidine rings is 1. The summed E-state index contributed by atoms with van der Waals surface area (Å²) in [5.74, 6) is 0.243. The van der Waals surface area contributed by atoms with E-state index in [4.69, 9.17) is 0 Å². The van der Waals surface area contributed by atoms with Crippen molar-refractivity contribution in [1.82, 2.24) is 15.5 Å². The van der Waals surface area contributed by atoms with Crippen molar-refractivity contribution in [2.24, 2.45) is 0 Å². The lowest BCUT2D eigenvalue weighted by atomic mass is 9.89. The molecule has 2 N–H and O–H groups in total. The lowest BCUT2D eigenvalue weighted by molar-refractivity contribution is -0.136. The first-order chi connectivity index (χ1) is 15.4. The number of hydrogen-bond donors (Lipinski definition) is 2. The van der Waals surface area contributed by atoms with Crippen molar-refractivity contribution in [3.8, 4) is 0 Å². The van der Waals surface area contributed by atoms with Crippen molar-refractivity contribution in [3.05, 3.63) is 42.0 Å². The van der Waals surface area contributed by atoms with Crippen molar-refractivity contribution >= 4 is 29.5 Å². The molecule has 1 atom stereocenters. The number of benzene rings is 1. The van der Waals surface area contributed by atoms with E-state index in [0.29, 0.717) is 18.5 Å². The van der Waals surface area contributed by atoms with Crippen molar-refractivity contribution in [2.75, 3.05) is 12.3 Å². The number of thioether (sulfide) groups is 1. The van der Waals surface area contributed by atoms with Gasteiger partial charge in [0, 0.05) is 29.0 Å². The predicted molar refractivity (Wildman–Crippen MR) is 129 cm³/mol. The molecule has 6 nitrogen and oxygen atoms in total. The predicted octanol–water partition coefficient (Wildman–Crippen LogP) is 4.04. The SMILES string of the molecule is C=CCC(CC)(CC)NCCCCSc1cccc2c1CN(C1CCC(=O)NC1=O)C2=O. The fourth-order valence-electron chi connectivity index (χ4n) is 4.59. The molecule has 0 saturated carbocycles. The van der Waals surface area contributed by atoms with E-state index in [1.54, 1.807) is 16.7 Å². The topological polar surface area (TPSA) is 78.5 Å². The highest BCUT2D eigenvalue weighted by atomic mass is 32.2. The van der Waals surface area contributed by atoms with Gasteiger partial charge in [0.1, 0.15) is 6.04 Å². The summed E-state index contributed by atoms with van der Waals surface area (Å²) in [7, 11) is 0. The summed E-state index contributed by atoms with van der Waals surface area (Å²) in [5, 5.41) is 6.10. The second-order valence-electron chi connectivity index (χ2n) is 8.64. The molecular formula is C25H35N3O3S. The maximum absolute atomic E-state index is 12.9. The van der Waals surface area contributed by atoms with Gasteiger partial charge in [-0.15, -0.1) is 18.3 Å². The molecule has 2 aliphatic heterocycles. The van der Waals surface area contributed by atoms with Crippen molar-refractivity contribution in [1.29, 1.82) is 0 Å². The van der Waals surface area contributed by atoms with Crippen LogP contribution in [0.4, 0.5) is 0 Å². The Morgan fingerprint density at radius 3 is 2.72 bits per heavy atom. The van der Waals surface area contributed by atoms with Crippen molar-refractivity contribution < 1.29 is 14.4 Å². The van der Waals surface area contributed by atoms with Gasteiger partial charge < -0.3 is 10.2 Å². The van der Waals surface area contributed by atoms with Gasteiger partial charge in [-0.25, -0.2) is 0 Å². The Hall–Kier alpha value is -2.12. The monoisotopic (exact) mass is 457 g/mol. The van der Waals surface area contributed by atoms with E-state index in [2.05, 4.69) is 37.1 Å². The fraction of sp³-hybridized carbons (Fsp3) is 0.560. The Labute approximate surface area is 195 Å². The molecule has 1 fully saturated rings. The van der Waals surface area contributed by atoms with Crippen LogP contribution in [0.2, 0.25) is 0 Å². The smallest absolute Gasteiger partial charge is 0.255 e. The summed E-state index contributed by atoms with van der Waals surface area (Å²) in [6.45, 7) is 9.78. The van der Waals surface area contributed by atoms with Crippen molar-refractivity contribution in [2.45, 2.75) is 81.8 Å². The van der Waals surface area contributed by atoms with Gasteiger partial charge in [-0.1, -0.05) is 26.0 Å². The zero-order chi connectivity index (χ0) is 23.1. The quantitative estimate of drug-likeness (QED) is 0.214. The maximum Gasteiger partial charge on any atom is 0.255 e. The highest BCUT2D eigenvalue weighted by Gasteiger charge is 2.39. The van der Waals surface area contributed by atoms with Gasteiger partial charge in [-0.3, -0.25) is 19.7 Å². The van der Waals surface area contributed by atoms with Gasteiger partial charge in [0.15, 0.2) is 0 Å². The molecule has 174 valence electrons. The average molecular weight is 458 g/mol. The molecule has 0 spiro atoms. The number of carbonyl (C=O) groups excluding carboxylic acids is 3. The summed E-state index contributed by atoms with van der Waals surface area (Å²) in [6.07, 6.45) is 8.04. The largest absolute Gasteiger partial charge is 0.322 e. The van der Waals surface area contributed by atoms with E-state index in [1.807, 2.05) is 18.2 Å². The Morgan fingerprint density at radius 1 is 1.25 bits per heavy atom. The standard InChI is InChI=1S/C25H35N3O3S/c1-4-14-25(5-2,6-3)26-15-7-8-16-32-21-11-9-10-18-19(21)17-28(24(18)31)20-12-13-22(29)27-23(20)30/h4,9-11,20,26H,1,5-8,12-17H2,2-3H3,(H,27,29,30). The maximum atomic E-state index is 12.9. The van der Waals surface area contributed by atoms with Gasteiger partial charge in [-0.05, 0) is 68.5 Å². The van der Waals surface area contributed by atoms with Crippen LogP contribution in [-0.4, -0.2) is 46.5 Å². The summed E-state index contributed by atoms with van der Waals surface area (Å²) in [4.78, 5) is 39.4. The summed E-state index contributed by atoms with van der Waals surface area (Å²) in [6, 6.07) is 5.25. The molecule has 2 aliphatic rings. The number of imide groups is 1. The number of nitrogens with one attached hydrogen (secondary N) is 2. The Morgan fingerprint density at radius 2 is 2.03 bits per heavy atom. The van der Waals surface area contributed by atoms with E-state index in [9.17, 15) is 14.4 Å². The first-order valence-electron chi connectivity index (χ1n) is 11.7. The van der Waals surface area contributed by atoms with Crippen LogP contribution in [0.3, 0.4) is 0 Å². The Kier molecular flexibility index (Phi) is 8.54. The van der Waals surface area contributed by atoms with Crippen LogP contribution in [-0.2, 0) is 16.1 Å². The number of rotatable bonds is 12. The number of nitrogens with zero attached hydrogens (tertiary/aromatic N) is 1. The van der Waals surface area contributed by atoms with Gasteiger partial charge in [0.25, 0.3) is 5.91 Å². The first-order valence-corrected chi connectivity index (χ1v) is 12.7. The zero-order valence-electron chi connectivity index (χ0n) is 19.2. The van der Waals surface area contributed by atoms with Crippen LogP contribution < -0.4 is 10.6 Å². The van der Waals surface area contributed by atoms with E-state index < -0.39 is 6.04 Å². The highest BCUT2D eigenvalue weighted by Crippen LogP contribution is 2.34. The Balaban J connectivity index is 1.52. The molecule has 3 amide bonds. The van der Waals surface area contributed by atoms with E-state index in [-0.39, 0.29) is 29.7 Å². The average Bonchev–Trinajstić information content (AvgIpc) is 3.12. The summed E-state index contributed by atoms with van der Waals surface area (Å²) in [5.41, 5.74) is 1.85.